The van der Waals surface area contributed by atoms with E-state index >= 15 is 0 Å². The molecule has 1 aromatic carbocycles. The van der Waals surface area contributed by atoms with Crippen molar-refractivity contribution in [2.75, 3.05) is 13.1 Å². The lowest BCUT2D eigenvalue weighted by Crippen LogP contribution is -2.30. The number of Topliss-reactive ketones (excluding diaryl/α,β-unsaturated/α-hetero) is 1. The fraction of sp³-hybridized carbons (Fsp3) is 0.417. The summed E-state index contributed by atoms with van der Waals surface area (Å²) in [6, 6.07) is 8.02. The largest absolute Gasteiger partial charge is 0.316 e. The van der Waals surface area contributed by atoms with Crippen LogP contribution in [0, 0.1) is 5.41 Å². The lowest BCUT2D eigenvalue weighted by Gasteiger charge is -2.18. The van der Waals surface area contributed by atoms with Crippen LogP contribution in [0.3, 0.4) is 0 Å². The van der Waals surface area contributed by atoms with E-state index in [4.69, 9.17) is 0 Å². The van der Waals surface area contributed by atoms with E-state index in [1.54, 1.807) is 0 Å². The van der Waals surface area contributed by atoms with Gasteiger partial charge in [-0.2, -0.15) is 0 Å². The molecule has 1 aliphatic heterocycles. The van der Waals surface area contributed by atoms with Crippen molar-refractivity contribution in [1.82, 2.24) is 5.32 Å². The number of hydrogen-bond donors (Lipinski definition) is 1. The van der Waals surface area contributed by atoms with Crippen molar-refractivity contribution in [3.8, 4) is 0 Å². The zero-order chi connectivity index (χ0) is 9.60. The molecule has 0 bridgehead atoms. The van der Waals surface area contributed by atoms with E-state index in [-0.39, 0.29) is 17.8 Å². The fourth-order valence-corrected chi connectivity index (χ4v) is 2.71. The van der Waals surface area contributed by atoms with E-state index < -0.39 is 0 Å². The number of fused-ring (bicyclic) bond motifs is 1. The standard InChI is InChI=1S/C12H13NO.ClH/c14-11-10-4-2-1-3-9(10)7-12(11)5-6-13-8-12;/h1-4,13H,5-8H2;1H. The van der Waals surface area contributed by atoms with E-state index in [2.05, 4.69) is 11.4 Å². The van der Waals surface area contributed by atoms with Gasteiger partial charge in [0.05, 0.1) is 5.41 Å². The molecular weight excluding hydrogens is 210 g/mol. The third-order valence-electron chi connectivity index (χ3n) is 3.52. The van der Waals surface area contributed by atoms with Crippen molar-refractivity contribution in [2.45, 2.75) is 12.8 Å². The van der Waals surface area contributed by atoms with Gasteiger partial charge < -0.3 is 5.32 Å². The Morgan fingerprint density at radius 3 is 2.73 bits per heavy atom. The summed E-state index contributed by atoms with van der Waals surface area (Å²) < 4.78 is 0. The molecule has 2 nitrogen and oxygen atoms in total. The van der Waals surface area contributed by atoms with Crippen molar-refractivity contribution in [1.29, 1.82) is 0 Å². The number of benzene rings is 1. The molecule has 1 unspecified atom stereocenters. The summed E-state index contributed by atoms with van der Waals surface area (Å²) in [5.74, 6) is 0.359. The van der Waals surface area contributed by atoms with Crippen LogP contribution in [0.1, 0.15) is 22.3 Å². The summed E-state index contributed by atoms with van der Waals surface area (Å²) in [5.41, 5.74) is 2.10. The molecular formula is C12H14ClNO. The van der Waals surface area contributed by atoms with Gasteiger partial charge in [0.1, 0.15) is 0 Å². The number of carbonyl (C=O) groups excluding carboxylic acids is 1. The fourth-order valence-electron chi connectivity index (χ4n) is 2.71. The molecule has 1 fully saturated rings. The van der Waals surface area contributed by atoms with E-state index in [1.807, 2.05) is 18.2 Å². The minimum absolute atomic E-state index is 0. The van der Waals surface area contributed by atoms with Gasteiger partial charge in [-0.25, -0.2) is 0 Å². The summed E-state index contributed by atoms with van der Waals surface area (Å²) in [6.07, 6.45) is 1.94. The van der Waals surface area contributed by atoms with Crippen molar-refractivity contribution >= 4 is 18.2 Å². The molecule has 1 aromatic rings. The van der Waals surface area contributed by atoms with Crippen LogP contribution in [0.15, 0.2) is 24.3 Å². The number of rotatable bonds is 0. The molecule has 0 saturated carbocycles. The average Bonchev–Trinajstić information content (AvgIpc) is 2.77. The Morgan fingerprint density at radius 2 is 2.07 bits per heavy atom. The normalized spacial score (nSPS) is 27.9. The van der Waals surface area contributed by atoms with Gasteiger partial charge in [-0.1, -0.05) is 24.3 Å². The quantitative estimate of drug-likeness (QED) is 0.727. The zero-order valence-corrected chi connectivity index (χ0v) is 9.27. The minimum Gasteiger partial charge on any atom is -0.316 e. The van der Waals surface area contributed by atoms with Gasteiger partial charge in [0.15, 0.2) is 5.78 Å². The first-order chi connectivity index (χ1) is 6.82. The molecule has 2 aliphatic rings. The zero-order valence-electron chi connectivity index (χ0n) is 8.45. The van der Waals surface area contributed by atoms with Crippen molar-refractivity contribution in [3.05, 3.63) is 35.4 Å². The maximum Gasteiger partial charge on any atom is 0.170 e. The highest BCUT2D eigenvalue weighted by Crippen LogP contribution is 2.40. The van der Waals surface area contributed by atoms with E-state index in [0.717, 1.165) is 31.5 Å². The first-order valence-electron chi connectivity index (χ1n) is 5.15. The maximum absolute atomic E-state index is 12.2. The van der Waals surface area contributed by atoms with Crippen LogP contribution in [-0.2, 0) is 6.42 Å². The Labute approximate surface area is 95.5 Å². The molecule has 1 N–H and O–H groups in total. The first-order valence-corrected chi connectivity index (χ1v) is 5.15. The molecule has 1 saturated heterocycles. The number of hydrogen-bond acceptors (Lipinski definition) is 2. The molecule has 0 radical (unpaired) electrons. The predicted molar refractivity (Wildman–Crippen MR) is 61.6 cm³/mol. The summed E-state index contributed by atoms with van der Waals surface area (Å²) >= 11 is 0. The molecule has 1 heterocycles. The second-order valence-corrected chi connectivity index (χ2v) is 4.37. The molecule has 0 amide bonds. The van der Waals surface area contributed by atoms with Gasteiger partial charge in [0.25, 0.3) is 0 Å². The number of halogens is 1. The lowest BCUT2D eigenvalue weighted by atomic mass is 9.83. The molecule has 3 heteroatoms. The summed E-state index contributed by atoms with van der Waals surface area (Å²) in [6.45, 7) is 1.85. The highest BCUT2D eigenvalue weighted by molar-refractivity contribution is 6.05. The SMILES string of the molecule is Cl.O=C1c2ccccc2CC12CCNC2. The van der Waals surface area contributed by atoms with Crippen LogP contribution >= 0.6 is 12.4 Å². The van der Waals surface area contributed by atoms with Crippen LogP contribution < -0.4 is 5.32 Å². The summed E-state index contributed by atoms with van der Waals surface area (Å²) in [5, 5.41) is 3.30. The molecule has 1 spiro atoms. The Balaban J connectivity index is 0.000000853. The topological polar surface area (TPSA) is 29.1 Å². The summed E-state index contributed by atoms with van der Waals surface area (Å²) in [4.78, 5) is 12.2. The molecule has 3 rings (SSSR count). The lowest BCUT2D eigenvalue weighted by molar-refractivity contribution is 0.0844. The second-order valence-electron chi connectivity index (χ2n) is 4.37. The van der Waals surface area contributed by atoms with Crippen LogP contribution in [0.4, 0.5) is 0 Å². The average molecular weight is 224 g/mol. The van der Waals surface area contributed by atoms with Crippen molar-refractivity contribution < 1.29 is 4.79 Å². The maximum atomic E-state index is 12.2. The van der Waals surface area contributed by atoms with Gasteiger partial charge in [-0.3, -0.25) is 4.79 Å². The van der Waals surface area contributed by atoms with Gasteiger partial charge in [-0.05, 0) is 24.9 Å². The molecule has 1 aliphatic carbocycles. The highest BCUT2D eigenvalue weighted by Gasteiger charge is 2.46. The molecule has 0 aromatic heterocycles. The van der Waals surface area contributed by atoms with E-state index in [1.165, 1.54) is 5.56 Å². The van der Waals surface area contributed by atoms with E-state index in [9.17, 15) is 4.79 Å². The second kappa shape index (κ2) is 3.62. The summed E-state index contributed by atoms with van der Waals surface area (Å²) in [7, 11) is 0. The third kappa shape index (κ3) is 1.40. The van der Waals surface area contributed by atoms with Crippen molar-refractivity contribution in [3.63, 3.8) is 0 Å². The monoisotopic (exact) mass is 223 g/mol. The van der Waals surface area contributed by atoms with Crippen molar-refractivity contribution in [2.24, 2.45) is 5.41 Å². The van der Waals surface area contributed by atoms with Crippen LogP contribution in [0.5, 0.6) is 0 Å². The number of ketones is 1. The van der Waals surface area contributed by atoms with Gasteiger partial charge >= 0.3 is 0 Å². The van der Waals surface area contributed by atoms with Crippen LogP contribution in [0.2, 0.25) is 0 Å². The Morgan fingerprint density at radius 1 is 1.27 bits per heavy atom. The Kier molecular flexibility index (Phi) is 2.57. The number of nitrogens with one attached hydrogen (secondary N) is 1. The molecule has 15 heavy (non-hydrogen) atoms. The Bertz CT molecular complexity index is 396. The minimum atomic E-state index is -0.0936. The highest BCUT2D eigenvalue weighted by atomic mass is 35.5. The Hall–Kier alpha value is -0.860. The van der Waals surface area contributed by atoms with Crippen LogP contribution in [-0.4, -0.2) is 18.9 Å². The smallest absolute Gasteiger partial charge is 0.170 e. The molecule has 80 valence electrons. The predicted octanol–water partition coefficient (Wildman–Crippen LogP) is 1.83. The third-order valence-corrected chi connectivity index (χ3v) is 3.52. The van der Waals surface area contributed by atoms with Gasteiger partial charge in [-0.15, -0.1) is 12.4 Å². The van der Waals surface area contributed by atoms with Crippen LogP contribution in [0.25, 0.3) is 0 Å². The van der Waals surface area contributed by atoms with Gasteiger partial charge in [0, 0.05) is 12.1 Å². The van der Waals surface area contributed by atoms with Gasteiger partial charge in [0.2, 0.25) is 0 Å². The molecule has 1 atom stereocenters. The number of carbonyl (C=O) groups is 1. The van der Waals surface area contributed by atoms with E-state index in [0.29, 0.717) is 5.78 Å². The first kappa shape index (κ1) is 10.7.